The number of carbonyl (C=O) groups excluding carboxylic acids is 2. The number of fused-ring (bicyclic) bond motifs is 5. The summed E-state index contributed by atoms with van der Waals surface area (Å²) in [6.07, 6.45) is 1.31. The quantitative estimate of drug-likeness (QED) is 0.305. The zero-order chi connectivity index (χ0) is 33.7. The van der Waals surface area contributed by atoms with Gasteiger partial charge in [0.1, 0.15) is 17.3 Å². The Kier molecular flexibility index (Phi) is 8.29. The van der Waals surface area contributed by atoms with E-state index in [2.05, 4.69) is 16.9 Å². The van der Waals surface area contributed by atoms with E-state index in [1.165, 1.54) is 34.9 Å². The minimum Gasteiger partial charge on any atom is -0.372 e. The number of piperazine rings is 1. The third kappa shape index (κ3) is 5.51. The van der Waals surface area contributed by atoms with Gasteiger partial charge in [-0.15, -0.1) is 0 Å². The van der Waals surface area contributed by atoms with Gasteiger partial charge in [-0.05, 0) is 55.7 Å². The molecule has 0 saturated carbocycles. The highest BCUT2D eigenvalue weighted by Crippen LogP contribution is 2.39. The number of rotatable bonds is 3. The molecule has 10 nitrogen and oxygen atoms in total. The van der Waals surface area contributed by atoms with E-state index in [0.717, 1.165) is 5.56 Å². The van der Waals surface area contributed by atoms with Gasteiger partial charge in [-0.3, -0.25) is 9.59 Å². The van der Waals surface area contributed by atoms with Crippen LogP contribution in [0.3, 0.4) is 0 Å². The molecular weight excluding hydrogens is 604 g/mol. The standard InChI is InChI=1S/C35H37F2N7O3/c1-7-29(46)42-17-21(5)43(18-20(42)4)33-23-16-25(37)31-30-24(36)11-9-12-26(30)38-28(45)14-15-41(6)27-13-8-10-22(19(2)3)32(27)44(34(23)39-31)35(47)40-33/h7-13,16,19-21H,1,14-15,17-18H2,2-6H3,(H,38,45)/t20-,21+/m1/s1. The third-order valence-electron chi connectivity index (χ3n) is 9.02. The van der Waals surface area contributed by atoms with Crippen LogP contribution < -0.4 is 20.8 Å². The zero-order valence-corrected chi connectivity index (χ0v) is 27.1. The van der Waals surface area contributed by atoms with Crippen LogP contribution in [-0.4, -0.2) is 70.0 Å². The molecule has 2 amide bonds. The molecule has 0 unspecified atom stereocenters. The molecule has 47 heavy (non-hydrogen) atoms. The van der Waals surface area contributed by atoms with Crippen molar-refractivity contribution in [2.75, 3.05) is 41.8 Å². The van der Waals surface area contributed by atoms with Gasteiger partial charge in [0, 0.05) is 45.2 Å². The summed E-state index contributed by atoms with van der Waals surface area (Å²) in [5.41, 5.74) is 0.889. The second-order valence-electron chi connectivity index (χ2n) is 12.5. The highest BCUT2D eigenvalue weighted by Gasteiger charge is 2.34. The summed E-state index contributed by atoms with van der Waals surface area (Å²) in [6, 6.07) is 10.4. The van der Waals surface area contributed by atoms with E-state index in [-0.39, 0.29) is 76.6 Å². The van der Waals surface area contributed by atoms with Crippen molar-refractivity contribution in [1.82, 2.24) is 19.4 Å². The van der Waals surface area contributed by atoms with Crippen molar-refractivity contribution in [3.63, 3.8) is 0 Å². The van der Waals surface area contributed by atoms with Crippen molar-refractivity contribution >= 4 is 40.0 Å². The Labute approximate surface area is 271 Å². The molecule has 2 bridgehead atoms. The number of halogens is 2. The number of amides is 2. The lowest BCUT2D eigenvalue weighted by atomic mass is 9.99. The minimum atomic E-state index is -0.850. The van der Waals surface area contributed by atoms with Crippen LogP contribution in [0, 0.1) is 11.6 Å². The van der Waals surface area contributed by atoms with E-state index in [0.29, 0.717) is 24.5 Å². The van der Waals surface area contributed by atoms with E-state index < -0.39 is 17.3 Å². The Morgan fingerprint density at radius 2 is 1.79 bits per heavy atom. The lowest BCUT2D eigenvalue weighted by molar-refractivity contribution is -0.128. The average molecular weight is 642 g/mol. The van der Waals surface area contributed by atoms with Crippen molar-refractivity contribution in [2.45, 2.75) is 52.1 Å². The number of aromatic nitrogens is 3. The smallest absolute Gasteiger partial charge is 0.355 e. The Hall–Kier alpha value is -5.13. The van der Waals surface area contributed by atoms with Crippen molar-refractivity contribution in [3.8, 4) is 16.9 Å². The predicted octanol–water partition coefficient (Wildman–Crippen LogP) is 5.24. The average Bonchev–Trinajstić information content (AvgIpc) is 3.04. The summed E-state index contributed by atoms with van der Waals surface area (Å²) >= 11 is 0. The summed E-state index contributed by atoms with van der Waals surface area (Å²) in [5.74, 6) is -2.06. The Balaban J connectivity index is 1.72. The summed E-state index contributed by atoms with van der Waals surface area (Å²) in [4.78, 5) is 54.8. The SMILES string of the molecule is C=CC(=O)N1C[C@H](C)N(c2nc(=O)n3c4nc(c(F)cc24)-c2c(F)cccc2NC(=O)CCN(C)c2cccc(C(C)C)c2-3)C[C@H]1C. The molecular formula is C35H37F2N7O3. The van der Waals surface area contributed by atoms with Crippen molar-refractivity contribution in [1.29, 1.82) is 0 Å². The number of nitrogens with zero attached hydrogens (tertiary/aromatic N) is 6. The first kappa shape index (κ1) is 31.8. The fraction of sp³-hybridized carbons (Fsp3) is 0.343. The summed E-state index contributed by atoms with van der Waals surface area (Å²) in [7, 11) is 1.82. The lowest BCUT2D eigenvalue weighted by Gasteiger charge is -2.44. The monoisotopic (exact) mass is 641 g/mol. The largest absolute Gasteiger partial charge is 0.372 e. The van der Waals surface area contributed by atoms with Gasteiger partial charge < -0.3 is 20.0 Å². The van der Waals surface area contributed by atoms with Gasteiger partial charge in [0.2, 0.25) is 11.8 Å². The highest BCUT2D eigenvalue weighted by atomic mass is 19.1. The van der Waals surface area contributed by atoms with E-state index in [9.17, 15) is 14.4 Å². The van der Waals surface area contributed by atoms with Gasteiger partial charge in [-0.2, -0.15) is 4.98 Å². The fourth-order valence-corrected chi connectivity index (χ4v) is 6.58. The first-order valence-electron chi connectivity index (χ1n) is 15.7. The van der Waals surface area contributed by atoms with Crippen molar-refractivity contribution in [2.24, 2.45) is 0 Å². The van der Waals surface area contributed by atoms with Crippen LogP contribution in [0.15, 0.2) is 59.9 Å². The normalized spacial score (nSPS) is 18.3. The molecule has 0 radical (unpaired) electrons. The minimum absolute atomic E-state index is 0.0448. The number of nitrogens with one attached hydrogen (secondary N) is 1. The third-order valence-corrected chi connectivity index (χ3v) is 9.02. The van der Waals surface area contributed by atoms with Gasteiger partial charge in [0.05, 0.1) is 28.0 Å². The highest BCUT2D eigenvalue weighted by molar-refractivity contribution is 5.97. The van der Waals surface area contributed by atoms with E-state index in [4.69, 9.17) is 4.98 Å². The molecule has 244 valence electrons. The molecule has 0 aliphatic carbocycles. The molecule has 0 spiro atoms. The number of para-hydroxylation sites is 1. The number of carbonyl (C=O) groups is 2. The molecule has 4 aromatic rings. The van der Waals surface area contributed by atoms with Crippen LogP contribution in [-0.2, 0) is 9.59 Å². The maximum Gasteiger partial charge on any atom is 0.355 e. The van der Waals surface area contributed by atoms with E-state index >= 15 is 8.78 Å². The lowest BCUT2D eigenvalue weighted by Crippen LogP contribution is -2.58. The summed E-state index contributed by atoms with van der Waals surface area (Å²) in [6.45, 7) is 12.3. The number of hydrogen-bond donors (Lipinski definition) is 1. The zero-order valence-electron chi connectivity index (χ0n) is 27.1. The summed E-state index contributed by atoms with van der Waals surface area (Å²) < 4.78 is 33.3. The van der Waals surface area contributed by atoms with Gasteiger partial charge in [0.25, 0.3) is 0 Å². The van der Waals surface area contributed by atoms with Crippen LogP contribution in [0.4, 0.5) is 26.0 Å². The van der Waals surface area contributed by atoms with Crippen LogP contribution in [0.5, 0.6) is 0 Å². The molecule has 1 N–H and O–H groups in total. The maximum atomic E-state index is 16.4. The van der Waals surface area contributed by atoms with Crippen molar-refractivity contribution < 1.29 is 18.4 Å². The van der Waals surface area contributed by atoms with Gasteiger partial charge in [-0.25, -0.2) is 23.1 Å². The maximum absolute atomic E-state index is 16.4. The Bertz CT molecular complexity index is 1990. The van der Waals surface area contributed by atoms with E-state index in [1.54, 1.807) is 4.90 Å². The molecule has 2 aromatic heterocycles. The van der Waals surface area contributed by atoms with Gasteiger partial charge in [-0.1, -0.05) is 38.6 Å². The number of anilines is 3. The van der Waals surface area contributed by atoms with Crippen molar-refractivity contribution in [3.05, 3.63) is 82.8 Å². The van der Waals surface area contributed by atoms with Crippen LogP contribution >= 0.6 is 0 Å². The molecule has 2 atom stereocenters. The molecule has 2 aromatic carbocycles. The van der Waals surface area contributed by atoms with E-state index in [1.807, 2.05) is 62.7 Å². The molecule has 2 aliphatic rings. The number of pyridine rings is 1. The Morgan fingerprint density at radius 3 is 2.51 bits per heavy atom. The molecule has 6 rings (SSSR count). The molecule has 2 aliphatic heterocycles. The topological polar surface area (TPSA) is 104 Å². The van der Waals surface area contributed by atoms with Gasteiger partial charge in [0.15, 0.2) is 11.5 Å². The number of benzene rings is 2. The second-order valence-corrected chi connectivity index (χ2v) is 12.5. The number of hydrogen-bond acceptors (Lipinski definition) is 7. The predicted molar refractivity (Wildman–Crippen MR) is 179 cm³/mol. The molecule has 1 saturated heterocycles. The molecule has 12 heteroatoms. The first-order valence-corrected chi connectivity index (χ1v) is 15.7. The second kappa shape index (κ2) is 12.2. The Morgan fingerprint density at radius 1 is 1.04 bits per heavy atom. The first-order chi connectivity index (χ1) is 22.4. The van der Waals surface area contributed by atoms with Crippen LogP contribution in [0.1, 0.15) is 45.6 Å². The fourth-order valence-electron chi connectivity index (χ4n) is 6.58. The molecule has 4 heterocycles. The van der Waals surface area contributed by atoms with Gasteiger partial charge >= 0.3 is 5.69 Å². The van der Waals surface area contributed by atoms with Crippen LogP contribution in [0.25, 0.3) is 28.0 Å². The van der Waals surface area contributed by atoms with Crippen LogP contribution in [0.2, 0.25) is 0 Å². The summed E-state index contributed by atoms with van der Waals surface area (Å²) in [5, 5.41) is 2.99. The molecule has 1 fully saturated rings.